The Morgan fingerprint density at radius 3 is 1.51 bits per heavy atom. The Bertz CT molecular complexity index is 1110. The van der Waals surface area contributed by atoms with Crippen molar-refractivity contribution in [1.82, 2.24) is 0 Å². The third-order valence-electron chi connectivity index (χ3n) is 5.31. The highest BCUT2D eigenvalue weighted by Gasteiger charge is 2.33. The van der Waals surface area contributed by atoms with Crippen molar-refractivity contribution in [2.24, 2.45) is 4.99 Å². The lowest BCUT2D eigenvalue weighted by Gasteiger charge is -2.30. The van der Waals surface area contributed by atoms with Crippen molar-refractivity contribution in [2.45, 2.75) is 13.8 Å². The smallest absolute Gasteiger partial charge is 0.351 e. The number of carbonyl (C=O) groups is 1. The summed E-state index contributed by atoms with van der Waals surface area (Å²) in [5.74, 6) is -0.499. The third-order valence-corrected chi connectivity index (χ3v) is 11.4. The van der Waals surface area contributed by atoms with Crippen molar-refractivity contribution in [2.75, 3.05) is 26.6 Å². The number of hydrogen-bond donors (Lipinski definition) is 0. The van der Waals surface area contributed by atoms with Gasteiger partial charge in [-0.05, 0) is 36.6 Å². The zero-order valence-electron chi connectivity index (χ0n) is 20.2. The number of esters is 1. The van der Waals surface area contributed by atoms with E-state index in [1.807, 2.05) is 91.0 Å². The zero-order chi connectivity index (χ0) is 25.2. The largest absolute Gasteiger partial charge is 0.465 e. The Morgan fingerprint density at radius 1 is 0.771 bits per heavy atom. The van der Waals surface area contributed by atoms with E-state index in [9.17, 15) is 9.36 Å². The minimum atomic E-state index is -3.43. The number of aliphatic imine (C=N–C) groups is 1. The van der Waals surface area contributed by atoms with E-state index in [0.717, 1.165) is 15.9 Å². The number of carbonyl (C=O) groups excluding carboxylic acids is 1. The highest BCUT2D eigenvalue weighted by molar-refractivity contribution is 7.97. The normalized spacial score (nSPS) is 12.0. The molecule has 0 bridgehead atoms. The van der Waals surface area contributed by atoms with E-state index in [0.29, 0.717) is 5.29 Å². The lowest BCUT2D eigenvalue weighted by atomic mass is 10.3. The van der Waals surface area contributed by atoms with Crippen LogP contribution in [0.1, 0.15) is 13.8 Å². The second-order valence-electron chi connectivity index (χ2n) is 7.45. The van der Waals surface area contributed by atoms with Gasteiger partial charge in [0.25, 0.3) is 0 Å². The molecule has 0 aliphatic heterocycles. The number of rotatable bonds is 11. The summed E-state index contributed by atoms with van der Waals surface area (Å²) in [4.78, 5) is 17.9. The van der Waals surface area contributed by atoms with E-state index in [1.54, 1.807) is 13.8 Å². The van der Waals surface area contributed by atoms with Crippen LogP contribution in [0.2, 0.25) is 0 Å². The van der Waals surface area contributed by atoms with Gasteiger partial charge < -0.3 is 13.8 Å². The molecule has 3 aromatic carbocycles. The van der Waals surface area contributed by atoms with E-state index in [2.05, 4.69) is 4.99 Å². The van der Waals surface area contributed by atoms with Gasteiger partial charge in [0.05, 0.1) is 25.6 Å². The van der Waals surface area contributed by atoms with E-state index in [4.69, 9.17) is 13.8 Å². The molecule has 3 aromatic rings. The summed E-state index contributed by atoms with van der Waals surface area (Å²) < 4.78 is 29.1. The first-order valence-electron chi connectivity index (χ1n) is 11.4. The van der Waals surface area contributed by atoms with Gasteiger partial charge >= 0.3 is 13.6 Å². The van der Waals surface area contributed by atoms with Gasteiger partial charge in [0.1, 0.15) is 6.29 Å². The summed E-state index contributed by atoms with van der Waals surface area (Å²) in [6.45, 7) is 1.23. The van der Waals surface area contributed by atoms with Gasteiger partial charge in [-0.25, -0.2) is 4.79 Å². The zero-order valence-corrected chi connectivity index (χ0v) is 22.0. The summed E-state index contributed by atoms with van der Waals surface area (Å²) in [6, 6.07) is 29.7. The van der Waals surface area contributed by atoms with Crippen LogP contribution in [0, 0.1) is 0 Å². The molecule has 0 unspecified atom stereocenters. The first-order valence-corrected chi connectivity index (χ1v) is 14.9. The highest BCUT2D eigenvalue weighted by atomic mass is 31.2. The van der Waals surface area contributed by atoms with E-state index < -0.39 is 20.5 Å². The number of nitrogens with zero attached hydrogens (tertiary/aromatic N) is 1. The van der Waals surface area contributed by atoms with E-state index >= 15 is 0 Å². The monoisotopic (exact) mass is 511 g/mol. The molecule has 0 radical (unpaired) electrons. The van der Waals surface area contributed by atoms with E-state index in [-0.39, 0.29) is 19.5 Å². The molecular formula is C27H31NO5P2. The Kier molecular flexibility index (Phi) is 9.83. The van der Waals surface area contributed by atoms with Gasteiger partial charge in [0.2, 0.25) is 0 Å². The van der Waals surface area contributed by atoms with Crippen LogP contribution in [0.15, 0.2) is 96.0 Å². The quantitative estimate of drug-likeness (QED) is 0.213. The third kappa shape index (κ3) is 6.09. The van der Waals surface area contributed by atoms with E-state index in [1.165, 1.54) is 13.3 Å². The molecule has 0 fully saturated rings. The highest BCUT2D eigenvalue weighted by Crippen LogP contribution is 2.49. The van der Waals surface area contributed by atoms with Gasteiger partial charge in [-0.3, -0.25) is 9.56 Å². The minimum absolute atomic E-state index is 0.201. The molecule has 6 nitrogen and oxygen atoms in total. The summed E-state index contributed by atoms with van der Waals surface area (Å²) in [5.41, 5.74) is 0. The standard InChI is InChI=1S/C27H31NO5P2/c1-4-32-34(30,33-5-2)22-28-21-26(27(29)31-3)35(23-15-9-6-10-16-23,24-17-11-7-12-18-24)25-19-13-8-14-20-25/h6-21H,4-5,22H2,1-3H3/b28-21-. The molecule has 0 saturated carbocycles. The van der Waals surface area contributed by atoms with Crippen LogP contribution in [0.5, 0.6) is 0 Å². The molecule has 0 saturated heterocycles. The maximum Gasteiger partial charge on any atom is 0.351 e. The lowest BCUT2D eigenvalue weighted by molar-refractivity contribution is -0.132. The maximum atomic E-state index is 13.4. The first kappa shape index (κ1) is 26.8. The number of benzene rings is 3. The van der Waals surface area contributed by atoms with Crippen LogP contribution in [-0.4, -0.2) is 44.1 Å². The van der Waals surface area contributed by atoms with Gasteiger partial charge in [-0.15, -0.1) is 0 Å². The summed E-state index contributed by atoms with van der Waals surface area (Å²) in [7, 11) is -2.08. The van der Waals surface area contributed by atoms with Crippen LogP contribution in [0.4, 0.5) is 0 Å². The van der Waals surface area contributed by atoms with Crippen LogP contribution < -0.4 is 15.9 Å². The van der Waals surface area contributed by atoms with Crippen molar-refractivity contribution in [1.29, 1.82) is 0 Å². The second-order valence-corrected chi connectivity index (χ2v) is 12.8. The molecule has 0 aliphatic carbocycles. The second kappa shape index (κ2) is 12.8. The number of ether oxygens (including phenoxy) is 1. The molecule has 0 spiro atoms. The van der Waals surface area contributed by atoms with Gasteiger partial charge in [0, 0.05) is 6.21 Å². The molecule has 0 aromatic heterocycles. The average Bonchev–Trinajstić information content (AvgIpc) is 2.90. The molecule has 0 heterocycles. The molecule has 3 rings (SSSR count). The Labute approximate surface area is 207 Å². The molecular weight excluding hydrogens is 480 g/mol. The van der Waals surface area contributed by atoms with Gasteiger partial charge in [-0.2, -0.15) is 0 Å². The molecule has 0 atom stereocenters. The Hall–Kier alpha value is -2.75. The number of methoxy groups -OCH3 is 1. The average molecular weight is 511 g/mol. The summed E-state index contributed by atoms with van der Waals surface area (Å²) in [6.07, 6.45) is 1.30. The topological polar surface area (TPSA) is 74.2 Å². The van der Waals surface area contributed by atoms with Crippen molar-refractivity contribution < 1.29 is 23.1 Å². The fourth-order valence-corrected chi connectivity index (χ4v) is 9.45. The molecule has 0 N–H and O–H groups in total. The number of hydrogen-bond acceptors (Lipinski definition) is 6. The lowest BCUT2D eigenvalue weighted by Crippen LogP contribution is -2.34. The molecule has 0 amide bonds. The van der Waals surface area contributed by atoms with Crippen molar-refractivity contribution in [3.63, 3.8) is 0 Å². The molecule has 35 heavy (non-hydrogen) atoms. The SMILES string of the molecule is CCOP(=O)(C/N=C\C(C(=O)OC)=P(c1ccccc1)(c1ccccc1)c1ccccc1)OCC. The minimum Gasteiger partial charge on any atom is -0.465 e. The molecule has 0 aliphatic rings. The predicted molar refractivity (Wildman–Crippen MR) is 146 cm³/mol. The van der Waals surface area contributed by atoms with Crippen LogP contribution in [0.3, 0.4) is 0 Å². The fourth-order valence-electron chi connectivity index (χ4n) is 3.94. The summed E-state index contributed by atoms with van der Waals surface area (Å²) in [5, 5.41) is 3.31. The Morgan fingerprint density at radius 2 is 1.17 bits per heavy atom. The van der Waals surface area contributed by atoms with Crippen molar-refractivity contribution in [3.05, 3.63) is 91.0 Å². The van der Waals surface area contributed by atoms with Crippen molar-refractivity contribution in [3.8, 4) is 0 Å². The van der Waals surface area contributed by atoms with Gasteiger partial charge in [-0.1, -0.05) is 91.0 Å². The molecule has 184 valence electrons. The van der Waals surface area contributed by atoms with Crippen LogP contribution in [-0.2, 0) is 23.1 Å². The van der Waals surface area contributed by atoms with Gasteiger partial charge in [0.15, 0.2) is 0 Å². The van der Waals surface area contributed by atoms with Crippen LogP contribution in [0.25, 0.3) is 0 Å². The maximum absolute atomic E-state index is 13.4. The summed E-state index contributed by atoms with van der Waals surface area (Å²) >= 11 is 0. The van der Waals surface area contributed by atoms with Crippen LogP contribution >= 0.6 is 14.5 Å². The van der Waals surface area contributed by atoms with Crippen molar-refractivity contribution >= 4 is 47.9 Å². The molecule has 8 heteroatoms. The predicted octanol–water partition coefficient (Wildman–Crippen LogP) is 4.62. The first-order chi connectivity index (χ1) is 17.0. The fraction of sp³-hybridized carbons (Fsp3) is 0.222. The Balaban J connectivity index is 2.40.